The summed E-state index contributed by atoms with van der Waals surface area (Å²) in [6.45, 7) is 15.7. The van der Waals surface area contributed by atoms with Gasteiger partial charge < -0.3 is 9.26 Å². The van der Waals surface area contributed by atoms with Gasteiger partial charge in [0, 0.05) is 22.1 Å². The van der Waals surface area contributed by atoms with Gasteiger partial charge in [-0.1, -0.05) is 25.5 Å². The first-order chi connectivity index (χ1) is 20.1. The highest BCUT2D eigenvalue weighted by atomic mass is 32.2. The molecule has 3 atom stereocenters. The van der Waals surface area contributed by atoms with E-state index in [1.807, 2.05) is 72.9 Å². The highest BCUT2D eigenvalue weighted by Gasteiger charge is 2.61. The Labute approximate surface area is 260 Å². The Kier molecular flexibility index (Phi) is 11.9. The number of aryl methyl sites for hydroxylation is 1. The molecule has 4 rings (SSSR count). The Morgan fingerprint density at radius 3 is 2.26 bits per heavy atom. The lowest BCUT2D eigenvalue weighted by Crippen LogP contribution is -2.35. The number of nitrogens with one attached hydrogen (secondary N) is 1. The van der Waals surface area contributed by atoms with Crippen LogP contribution in [0.25, 0.3) is 0 Å². The Hall–Kier alpha value is -2.39. The van der Waals surface area contributed by atoms with Crippen molar-refractivity contribution in [2.75, 3.05) is 19.6 Å². The summed E-state index contributed by atoms with van der Waals surface area (Å²) in [6, 6.07) is 5.66. The van der Waals surface area contributed by atoms with Gasteiger partial charge in [-0.3, -0.25) is 18.9 Å². The van der Waals surface area contributed by atoms with Crippen molar-refractivity contribution in [1.82, 2.24) is 9.99 Å². The molecule has 238 valence electrons. The molecule has 3 aliphatic rings. The molecule has 2 aliphatic carbocycles. The molecule has 1 fully saturated rings. The van der Waals surface area contributed by atoms with Gasteiger partial charge in [0.05, 0.1) is 12.5 Å². The van der Waals surface area contributed by atoms with E-state index in [-0.39, 0.29) is 47.8 Å². The average molecular weight is 635 g/mol. The molecule has 0 bridgehead atoms. The summed E-state index contributed by atoms with van der Waals surface area (Å²) >= 11 is 1.67. The quantitative estimate of drug-likeness (QED) is 0.0888. The number of nitrogens with zero attached hydrogens (tertiary/aromatic N) is 1. The summed E-state index contributed by atoms with van der Waals surface area (Å²) < 4.78 is 28.6. The average Bonchev–Trinajstić information content (AvgIpc) is 3.36. The van der Waals surface area contributed by atoms with E-state index in [1.54, 1.807) is 18.7 Å². The molecular formula is C32H47N2O7PS. The molecule has 43 heavy (non-hydrogen) atoms. The first-order valence-electron chi connectivity index (χ1n) is 14.9. The van der Waals surface area contributed by atoms with Crippen LogP contribution in [0.15, 0.2) is 45.9 Å². The minimum atomic E-state index is -3.30. The highest BCUT2D eigenvalue weighted by Crippen LogP contribution is 2.59. The third kappa shape index (κ3) is 8.62. The molecular weight excluding hydrogens is 587 g/mol. The minimum absolute atomic E-state index is 0.0175. The van der Waals surface area contributed by atoms with Gasteiger partial charge in [-0.05, 0) is 109 Å². The van der Waals surface area contributed by atoms with Gasteiger partial charge in [-0.2, -0.15) is 0 Å². The largest absolute Gasteiger partial charge is 0.458 e. The lowest BCUT2D eigenvalue weighted by atomic mass is 9.93. The van der Waals surface area contributed by atoms with Crippen LogP contribution in [0.2, 0.25) is 0 Å². The van der Waals surface area contributed by atoms with Crippen LogP contribution >= 0.6 is 19.5 Å². The number of imide groups is 1. The maximum atomic E-state index is 12.5. The van der Waals surface area contributed by atoms with Gasteiger partial charge in [0.1, 0.15) is 5.75 Å². The number of hydrogen-bond acceptors (Lipinski definition) is 8. The van der Waals surface area contributed by atoms with Gasteiger partial charge in [-0.15, -0.1) is 11.8 Å². The van der Waals surface area contributed by atoms with Crippen molar-refractivity contribution in [3.8, 4) is 5.75 Å². The van der Waals surface area contributed by atoms with E-state index in [9.17, 15) is 18.9 Å². The fourth-order valence-electron chi connectivity index (χ4n) is 5.55. The number of rotatable bonds is 11. The number of carbonyl (C=O) groups excluding carboxylic acids is 3. The van der Waals surface area contributed by atoms with E-state index in [4.69, 9.17) is 13.8 Å². The molecule has 0 radical (unpaired) electrons. The molecule has 3 unspecified atom stereocenters. The van der Waals surface area contributed by atoms with Crippen molar-refractivity contribution >= 4 is 37.3 Å². The molecule has 1 heterocycles. The predicted molar refractivity (Wildman–Crippen MR) is 170 cm³/mol. The monoisotopic (exact) mass is 634 g/mol. The van der Waals surface area contributed by atoms with E-state index in [0.29, 0.717) is 36.3 Å². The summed E-state index contributed by atoms with van der Waals surface area (Å²) in [6.07, 6.45) is 7.30. The lowest BCUT2D eigenvalue weighted by Gasteiger charge is -2.21. The van der Waals surface area contributed by atoms with Crippen LogP contribution in [0.1, 0.15) is 79.7 Å². The third-order valence-electron chi connectivity index (χ3n) is 7.80. The van der Waals surface area contributed by atoms with Crippen LogP contribution in [0, 0.1) is 24.2 Å². The molecule has 1 aromatic rings. The number of thioether (sulfide) groups is 1. The van der Waals surface area contributed by atoms with E-state index in [2.05, 4.69) is 11.2 Å². The number of ether oxygens (including phenoxy) is 1. The molecule has 2 amide bonds. The van der Waals surface area contributed by atoms with Crippen LogP contribution in [-0.2, 0) is 28.2 Å². The molecule has 9 nitrogen and oxygen atoms in total. The van der Waals surface area contributed by atoms with E-state index >= 15 is 0 Å². The zero-order valence-corrected chi connectivity index (χ0v) is 28.7. The van der Waals surface area contributed by atoms with E-state index in [1.165, 1.54) is 10.5 Å². The first kappa shape index (κ1) is 35.1. The Morgan fingerprint density at radius 2 is 1.77 bits per heavy atom. The van der Waals surface area contributed by atoms with Gasteiger partial charge >= 0.3 is 13.7 Å². The second-order valence-electron chi connectivity index (χ2n) is 12.3. The van der Waals surface area contributed by atoms with Crippen molar-refractivity contribution in [3.05, 3.63) is 46.6 Å². The summed E-state index contributed by atoms with van der Waals surface area (Å²) in [5.74, 6) is -0.376. The summed E-state index contributed by atoms with van der Waals surface area (Å²) in [5, 5.41) is 2.86. The number of amides is 2. The number of hydrogen-bond donors (Lipinski definition) is 1. The second kappa shape index (κ2) is 14.6. The van der Waals surface area contributed by atoms with Crippen LogP contribution in [0.3, 0.4) is 0 Å². The Morgan fingerprint density at radius 1 is 1.16 bits per heavy atom. The second-order valence-corrected chi connectivity index (χ2v) is 14.8. The van der Waals surface area contributed by atoms with E-state index in [0.717, 1.165) is 23.3 Å². The molecule has 0 spiro atoms. The van der Waals surface area contributed by atoms with Gasteiger partial charge in [0.2, 0.25) is 0 Å². The molecule has 0 saturated heterocycles. The van der Waals surface area contributed by atoms with Gasteiger partial charge in [-0.25, -0.2) is 14.6 Å². The number of esters is 1. The molecule has 0 aromatic heterocycles. The topological polar surface area (TPSA) is 111 Å². The predicted octanol–water partition coefficient (Wildman–Crippen LogP) is 7.20. The van der Waals surface area contributed by atoms with Gasteiger partial charge in [0.15, 0.2) is 6.73 Å². The van der Waals surface area contributed by atoms with E-state index < -0.39 is 7.75 Å². The third-order valence-corrected chi connectivity index (χ3v) is 10.6. The highest BCUT2D eigenvalue weighted by molar-refractivity contribution is 7.98. The van der Waals surface area contributed by atoms with Crippen molar-refractivity contribution < 1.29 is 32.7 Å². The fourth-order valence-corrected chi connectivity index (χ4v) is 7.68. The normalized spacial score (nSPS) is 22.0. The molecule has 1 aromatic carbocycles. The smallest absolute Gasteiger partial charge is 0.443 e. The molecule has 11 heteroatoms. The fraction of sp³-hybridized carbons (Fsp3) is 0.594. The van der Waals surface area contributed by atoms with Crippen molar-refractivity contribution in [3.63, 3.8) is 0 Å². The van der Waals surface area contributed by atoms with Crippen molar-refractivity contribution in [2.45, 2.75) is 92.0 Å². The molecule has 1 aliphatic heterocycles. The first-order valence-corrected chi connectivity index (χ1v) is 17.7. The minimum Gasteiger partial charge on any atom is -0.443 e. The number of carbonyl (C=O) groups is 3. The SMILES string of the molecule is CC(C)=CC1C(C(=O)OCN2C(=O)C3=C(CCCC3)C2=O)C1(C)C.CCOP(=O)(NC(C)C)Oc1ccc(SC)c(C)c1. The van der Waals surface area contributed by atoms with Crippen LogP contribution < -0.4 is 9.61 Å². The molecule has 1 N–H and O–H groups in total. The number of benzene rings is 1. The Bertz CT molecular complexity index is 1300. The summed E-state index contributed by atoms with van der Waals surface area (Å²) in [7, 11) is -3.30. The maximum Gasteiger partial charge on any atom is 0.458 e. The summed E-state index contributed by atoms with van der Waals surface area (Å²) in [4.78, 5) is 39.3. The Balaban J connectivity index is 0.000000243. The van der Waals surface area contributed by atoms with Crippen LogP contribution in [0.5, 0.6) is 5.75 Å². The maximum absolute atomic E-state index is 12.5. The standard InChI is InChI=1S/C19H25NO4.C13H22NO3PS/c1-11(2)9-14-15(19(14,3)4)18(23)24-10-20-16(21)12-7-5-6-8-13(12)17(20)22;1-6-16-18(15,14-10(2)3)17-12-7-8-13(19-5)11(4)9-12/h9,14-15H,5-8,10H2,1-4H3;7-10H,6H2,1-5H3,(H,14,15). The van der Waals surface area contributed by atoms with Crippen LogP contribution in [0.4, 0.5) is 0 Å². The van der Waals surface area contributed by atoms with Crippen molar-refractivity contribution in [2.24, 2.45) is 17.3 Å². The van der Waals surface area contributed by atoms with Gasteiger partial charge in [0.25, 0.3) is 11.8 Å². The van der Waals surface area contributed by atoms with Crippen LogP contribution in [-0.4, -0.2) is 48.3 Å². The zero-order chi connectivity index (χ0) is 32.1. The number of allylic oxidation sites excluding steroid dienone is 2. The lowest BCUT2D eigenvalue weighted by molar-refractivity contribution is -0.156. The summed E-state index contributed by atoms with van der Waals surface area (Å²) in [5.41, 5.74) is 3.38. The zero-order valence-electron chi connectivity index (χ0n) is 26.9. The molecule has 1 saturated carbocycles. The van der Waals surface area contributed by atoms with Crippen molar-refractivity contribution in [1.29, 1.82) is 0 Å².